The molecule has 0 amide bonds. The number of nitrogens with zero attached hydrogens (tertiary/aromatic N) is 3. The third kappa shape index (κ3) is 2.76. The molecular weight excluding hydrogens is 284 g/mol. The first-order valence-corrected chi connectivity index (χ1v) is 8.96. The van der Waals surface area contributed by atoms with Crippen molar-refractivity contribution in [1.82, 2.24) is 14.5 Å². The summed E-state index contributed by atoms with van der Waals surface area (Å²) in [4.78, 5) is 7.27. The zero-order chi connectivity index (χ0) is 15.6. The van der Waals surface area contributed by atoms with Gasteiger partial charge in [0.25, 0.3) is 0 Å². The molecule has 1 aromatic heterocycles. The van der Waals surface area contributed by atoms with E-state index in [0.29, 0.717) is 12.1 Å². The monoisotopic (exact) mass is 310 g/mol. The molecule has 1 saturated heterocycles. The first-order valence-electron chi connectivity index (χ1n) is 8.96. The van der Waals surface area contributed by atoms with Crippen molar-refractivity contribution in [1.29, 1.82) is 0 Å². The van der Waals surface area contributed by atoms with Crippen molar-refractivity contribution in [2.75, 3.05) is 18.4 Å². The van der Waals surface area contributed by atoms with Gasteiger partial charge in [-0.15, -0.1) is 0 Å². The van der Waals surface area contributed by atoms with Crippen LogP contribution in [0.3, 0.4) is 0 Å². The van der Waals surface area contributed by atoms with Gasteiger partial charge in [0.05, 0.1) is 0 Å². The fourth-order valence-corrected chi connectivity index (χ4v) is 4.49. The van der Waals surface area contributed by atoms with E-state index in [1.807, 2.05) is 12.4 Å². The van der Waals surface area contributed by atoms with Gasteiger partial charge in [0.1, 0.15) is 0 Å². The first-order chi connectivity index (χ1) is 11.4. The molecule has 4 heteroatoms. The summed E-state index contributed by atoms with van der Waals surface area (Å²) >= 11 is 0. The fraction of sp³-hybridized carbons (Fsp3) is 0.526. The van der Waals surface area contributed by atoms with Crippen molar-refractivity contribution < 1.29 is 0 Å². The number of nitrogens with one attached hydrogen (secondary N) is 1. The number of anilines is 1. The van der Waals surface area contributed by atoms with Gasteiger partial charge in [-0.1, -0.05) is 25.1 Å². The van der Waals surface area contributed by atoms with Gasteiger partial charge in [-0.25, -0.2) is 4.98 Å². The topological polar surface area (TPSA) is 33.1 Å². The van der Waals surface area contributed by atoms with Crippen molar-refractivity contribution in [3.8, 4) is 5.69 Å². The molecule has 1 aliphatic heterocycles. The second-order valence-electron chi connectivity index (χ2n) is 6.86. The smallest absolute Gasteiger partial charge is 0.207 e. The Labute approximate surface area is 138 Å². The van der Waals surface area contributed by atoms with E-state index in [4.69, 9.17) is 0 Å². The number of imidazole rings is 1. The van der Waals surface area contributed by atoms with Gasteiger partial charge in [-0.05, 0) is 56.8 Å². The summed E-state index contributed by atoms with van der Waals surface area (Å²) in [7, 11) is 0. The van der Waals surface area contributed by atoms with Crippen molar-refractivity contribution >= 4 is 5.95 Å². The van der Waals surface area contributed by atoms with Crippen LogP contribution in [0.25, 0.3) is 5.69 Å². The lowest BCUT2D eigenvalue weighted by molar-refractivity contribution is 0.231. The minimum absolute atomic E-state index is 0.527. The molecule has 0 unspecified atom stereocenters. The molecule has 2 aromatic rings. The van der Waals surface area contributed by atoms with Gasteiger partial charge in [-0.3, -0.25) is 9.47 Å². The molecule has 1 aliphatic carbocycles. The van der Waals surface area contributed by atoms with Crippen LogP contribution in [0.2, 0.25) is 0 Å². The van der Waals surface area contributed by atoms with Crippen LogP contribution >= 0.6 is 0 Å². The summed E-state index contributed by atoms with van der Waals surface area (Å²) < 4.78 is 2.16. The summed E-state index contributed by atoms with van der Waals surface area (Å²) in [6.07, 6.45) is 9.17. The van der Waals surface area contributed by atoms with E-state index in [1.165, 1.54) is 44.5 Å². The predicted octanol–water partition coefficient (Wildman–Crippen LogP) is 3.55. The maximum absolute atomic E-state index is 4.57. The van der Waals surface area contributed by atoms with Crippen LogP contribution < -0.4 is 5.32 Å². The second kappa shape index (κ2) is 6.36. The number of aromatic nitrogens is 2. The molecule has 23 heavy (non-hydrogen) atoms. The van der Waals surface area contributed by atoms with Crippen LogP contribution in [0.4, 0.5) is 5.95 Å². The third-order valence-electron chi connectivity index (χ3n) is 5.45. The number of fused-ring (bicyclic) bond motifs is 1. The van der Waals surface area contributed by atoms with Crippen LogP contribution in [-0.2, 0) is 0 Å². The predicted molar refractivity (Wildman–Crippen MR) is 94.0 cm³/mol. The van der Waals surface area contributed by atoms with Gasteiger partial charge >= 0.3 is 0 Å². The Morgan fingerprint density at radius 1 is 1.17 bits per heavy atom. The maximum Gasteiger partial charge on any atom is 0.207 e. The number of benzene rings is 1. The van der Waals surface area contributed by atoms with Crippen molar-refractivity contribution in [2.24, 2.45) is 5.92 Å². The van der Waals surface area contributed by atoms with Crippen LogP contribution in [0, 0.1) is 5.92 Å². The summed E-state index contributed by atoms with van der Waals surface area (Å²) in [6, 6.07) is 11.7. The number of para-hydroxylation sites is 1. The highest BCUT2D eigenvalue weighted by Gasteiger charge is 2.43. The number of rotatable bonds is 5. The SMILES string of the molecule is CCCN1CC[C@H]2CC[C@H](Nc3nccn3-c3ccccc3)[C@H]21. The van der Waals surface area contributed by atoms with Crippen molar-refractivity contribution in [2.45, 2.75) is 44.7 Å². The van der Waals surface area contributed by atoms with Gasteiger partial charge in [0.15, 0.2) is 0 Å². The van der Waals surface area contributed by atoms with E-state index >= 15 is 0 Å². The van der Waals surface area contributed by atoms with Crippen LogP contribution in [0.1, 0.15) is 32.6 Å². The van der Waals surface area contributed by atoms with Gasteiger partial charge < -0.3 is 5.32 Å². The quantitative estimate of drug-likeness (QED) is 0.917. The van der Waals surface area contributed by atoms with E-state index in [1.54, 1.807) is 0 Å². The van der Waals surface area contributed by atoms with E-state index in [0.717, 1.165) is 11.9 Å². The maximum atomic E-state index is 4.57. The molecule has 0 spiro atoms. The minimum Gasteiger partial charge on any atom is -0.351 e. The average molecular weight is 310 g/mol. The average Bonchev–Trinajstić information content (AvgIpc) is 3.28. The molecule has 2 fully saturated rings. The summed E-state index contributed by atoms with van der Waals surface area (Å²) in [6.45, 7) is 4.79. The van der Waals surface area contributed by atoms with Gasteiger partial charge in [0, 0.05) is 30.2 Å². The Morgan fingerprint density at radius 2 is 2.04 bits per heavy atom. The Kier molecular flexibility index (Phi) is 4.08. The van der Waals surface area contributed by atoms with E-state index in [9.17, 15) is 0 Å². The van der Waals surface area contributed by atoms with Crippen molar-refractivity contribution in [3.63, 3.8) is 0 Å². The Bertz CT molecular complexity index is 634. The molecule has 3 atom stereocenters. The standard InChI is InChI=1S/C19H26N4/c1-2-12-22-13-10-15-8-9-17(18(15)22)21-19-20-11-14-23(19)16-6-4-3-5-7-16/h3-7,11,14-15,17-18H,2,8-10,12-13H2,1H3,(H,20,21)/t15-,17+,18+/m1/s1. The lowest BCUT2D eigenvalue weighted by Gasteiger charge is -2.30. The second-order valence-corrected chi connectivity index (χ2v) is 6.86. The highest BCUT2D eigenvalue weighted by molar-refractivity contribution is 5.42. The molecule has 0 radical (unpaired) electrons. The zero-order valence-corrected chi connectivity index (χ0v) is 13.9. The number of hydrogen-bond acceptors (Lipinski definition) is 3. The van der Waals surface area contributed by atoms with Crippen molar-refractivity contribution in [3.05, 3.63) is 42.7 Å². The minimum atomic E-state index is 0.527. The highest BCUT2D eigenvalue weighted by Crippen LogP contribution is 2.39. The van der Waals surface area contributed by atoms with Crippen LogP contribution in [0.5, 0.6) is 0 Å². The van der Waals surface area contributed by atoms with Crippen LogP contribution in [0.15, 0.2) is 42.7 Å². The Morgan fingerprint density at radius 3 is 2.87 bits per heavy atom. The van der Waals surface area contributed by atoms with E-state index in [2.05, 4.69) is 57.0 Å². The fourth-order valence-electron chi connectivity index (χ4n) is 4.49. The van der Waals surface area contributed by atoms with Gasteiger partial charge in [-0.2, -0.15) is 0 Å². The molecular formula is C19H26N4. The first kappa shape index (κ1) is 14.8. The molecule has 1 saturated carbocycles. The van der Waals surface area contributed by atoms with E-state index < -0.39 is 0 Å². The summed E-state index contributed by atoms with van der Waals surface area (Å²) in [5.41, 5.74) is 1.17. The lowest BCUT2D eigenvalue weighted by Crippen LogP contribution is -2.42. The number of hydrogen-bond donors (Lipinski definition) is 1. The van der Waals surface area contributed by atoms with Crippen LogP contribution in [-0.4, -0.2) is 39.6 Å². The molecule has 4 nitrogen and oxygen atoms in total. The normalized spacial score (nSPS) is 27.3. The molecule has 1 N–H and O–H groups in total. The molecule has 4 rings (SSSR count). The van der Waals surface area contributed by atoms with Gasteiger partial charge in [0.2, 0.25) is 5.95 Å². The Hall–Kier alpha value is -1.81. The molecule has 2 aliphatic rings. The van der Waals surface area contributed by atoms with E-state index in [-0.39, 0.29) is 0 Å². The lowest BCUT2D eigenvalue weighted by atomic mass is 10.0. The molecule has 122 valence electrons. The summed E-state index contributed by atoms with van der Waals surface area (Å²) in [5.74, 6) is 1.85. The molecule has 0 bridgehead atoms. The summed E-state index contributed by atoms with van der Waals surface area (Å²) in [5, 5.41) is 3.76. The largest absolute Gasteiger partial charge is 0.351 e. The Balaban J connectivity index is 1.54. The highest BCUT2D eigenvalue weighted by atomic mass is 15.3. The molecule has 1 aromatic carbocycles. The molecule has 2 heterocycles. The zero-order valence-electron chi connectivity index (χ0n) is 13.9. The number of likely N-dealkylation sites (tertiary alicyclic amines) is 1. The third-order valence-corrected chi connectivity index (χ3v) is 5.45.